The van der Waals surface area contributed by atoms with Crippen LogP contribution in [0.1, 0.15) is 24.8 Å². The van der Waals surface area contributed by atoms with Crippen molar-refractivity contribution in [2.24, 2.45) is 5.92 Å². The molecule has 22 heavy (non-hydrogen) atoms. The lowest BCUT2D eigenvalue weighted by Crippen LogP contribution is -2.61. The lowest BCUT2D eigenvalue weighted by molar-refractivity contribution is -0.128. The molecule has 0 unspecified atom stereocenters. The highest BCUT2D eigenvalue weighted by molar-refractivity contribution is 7.89. The van der Waals surface area contributed by atoms with Crippen molar-refractivity contribution in [1.82, 2.24) is 9.62 Å². The second-order valence-corrected chi connectivity index (χ2v) is 8.32. The number of carbonyl (C=O) groups is 1. The van der Waals surface area contributed by atoms with Crippen molar-refractivity contribution >= 4 is 27.5 Å². The summed E-state index contributed by atoms with van der Waals surface area (Å²) in [5, 5.41) is 3.16. The van der Waals surface area contributed by atoms with E-state index < -0.39 is 10.0 Å². The number of nitrogens with one attached hydrogen (secondary N) is 1. The van der Waals surface area contributed by atoms with Gasteiger partial charge in [0.2, 0.25) is 15.9 Å². The van der Waals surface area contributed by atoms with Gasteiger partial charge in [-0.2, -0.15) is 4.31 Å². The van der Waals surface area contributed by atoms with E-state index in [-0.39, 0.29) is 27.8 Å². The summed E-state index contributed by atoms with van der Waals surface area (Å²) in [4.78, 5) is 12.0. The van der Waals surface area contributed by atoms with E-state index in [0.717, 1.165) is 19.3 Å². The Morgan fingerprint density at radius 1 is 1.32 bits per heavy atom. The highest BCUT2D eigenvalue weighted by atomic mass is 35.5. The van der Waals surface area contributed by atoms with Crippen LogP contribution < -0.4 is 5.32 Å². The topological polar surface area (TPSA) is 66.5 Å². The summed E-state index contributed by atoms with van der Waals surface area (Å²) in [5.41, 5.74) is 0.634. The number of carbonyl (C=O) groups excluding carboxylic acids is 1. The van der Waals surface area contributed by atoms with E-state index in [2.05, 4.69) is 5.32 Å². The Morgan fingerprint density at radius 2 is 2.00 bits per heavy atom. The van der Waals surface area contributed by atoms with Crippen molar-refractivity contribution in [1.29, 1.82) is 0 Å². The molecule has 1 aromatic carbocycles. The minimum absolute atomic E-state index is 0.0576. The quantitative estimate of drug-likeness (QED) is 0.909. The molecule has 120 valence electrons. The van der Waals surface area contributed by atoms with Gasteiger partial charge in [-0.3, -0.25) is 4.79 Å². The molecule has 7 heteroatoms. The fraction of sp³-hybridized carbons (Fsp3) is 0.533. The molecule has 1 N–H and O–H groups in total. The Morgan fingerprint density at radius 3 is 2.55 bits per heavy atom. The Bertz CT molecular complexity index is 674. The summed E-state index contributed by atoms with van der Waals surface area (Å²) in [7, 11) is -3.59. The molecule has 3 rings (SSSR count). The molecule has 1 amide bonds. The molecule has 0 aromatic heterocycles. The largest absolute Gasteiger partial charge is 0.350 e. The minimum Gasteiger partial charge on any atom is -0.350 e. The molecule has 1 aliphatic heterocycles. The van der Waals surface area contributed by atoms with Gasteiger partial charge in [-0.05, 0) is 31.4 Å². The van der Waals surface area contributed by atoms with Gasteiger partial charge in [0.05, 0.1) is 11.1 Å². The average Bonchev–Trinajstić information content (AvgIpc) is 2.30. The van der Waals surface area contributed by atoms with Crippen LogP contribution in [0.4, 0.5) is 0 Å². The Balaban J connectivity index is 1.65. The van der Waals surface area contributed by atoms with Crippen molar-refractivity contribution in [3.8, 4) is 0 Å². The smallest absolute Gasteiger partial charge is 0.244 e. The second kappa shape index (κ2) is 5.83. The van der Waals surface area contributed by atoms with Gasteiger partial charge in [-0.15, -0.1) is 0 Å². The van der Waals surface area contributed by atoms with Gasteiger partial charge in [0.25, 0.3) is 0 Å². The van der Waals surface area contributed by atoms with Crippen molar-refractivity contribution in [3.05, 3.63) is 28.8 Å². The van der Waals surface area contributed by atoms with Gasteiger partial charge in [0.1, 0.15) is 4.90 Å². The molecule has 1 saturated heterocycles. The first kappa shape index (κ1) is 15.8. The van der Waals surface area contributed by atoms with Crippen LogP contribution in [0.25, 0.3) is 0 Å². The minimum atomic E-state index is -3.59. The maximum absolute atomic E-state index is 12.6. The second-order valence-electron chi connectivity index (χ2n) is 6.04. The molecule has 2 aliphatic rings. The number of benzene rings is 1. The summed E-state index contributed by atoms with van der Waals surface area (Å²) in [5.74, 6) is 0.179. The lowest BCUT2D eigenvalue weighted by atomic mass is 9.84. The summed E-state index contributed by atoms with van der Waals surface area (Å²) in [6.07, 6.45) is 2.99. The first-order valence-electron chi connectivity index (χ1n) is 7.45. The number of halogens is 1. The Hall–Kier alpha value is -1.11. The third-order valence-electron chi connectivity index (χ3n) is 4.43. The standard InChI is InChI=1S/C15H19ClN2O3S/c1-10-4-2-7-13(16)14(10)22(20,21)18-8-12(9-18)17-15(19)11-5-3-6-11/h2,4,7,11-12H,3,5-6,8-9H2,1H3,(H,17,19). The third-order valence-corrected chi connectivity index (χ3v) is 6.89. The van der Waals surface area contributed by atoms with Crippen LogP contribution in [-0.4, -0.2) is 37.8 Å². The molecule has 1 aliphatic carbocycles. The van der Waals surface area contributed by atoms with Crippen LogP contribution in [0, 0.1) is 12.8 Å². The van der Waals surface area contributed by atoms with Crippen LogP contribution in [0.15, 0.2) is 23.1 Å². The van der Waals surface area contributed by atoms with E-state index in [1.807, 2.05) is 0 Å². The molecule has 0 spiro atoms. The zero-order chi connectivity index (χ0) is 15.9. The molecule has 0 atom stereocenters. The zero-order valence-electron chi connectivity index (χ0n) is 12.4. The first-order valence-corrected chi connectivity index (χ1v) is 9.27. The molecule has 0 bridgehead atoms. The average molecular weight is 343 g/mol. The van der Waals surface area contributed by atoms with Gasteiger partial charge in [-0.1, -0.05) is 30.2 Å². The number of rotatable bonds is 4. The van der Waals surface area contributed by atoms with E-state index in [1.54, 1.807) is 25.1 Å². The van der Waals surface area contributed by atoms with Crippen molar-refractivity contribution in [2.75, 3.05) is 13.1 Å². The normalized spacial score (nSPS) is 20.3. The van der Waals surface area contributed by atoms with Gasteiger partial charge in [-0.25, -0.2) is 8.42 Å². The van der Waals surface area contributed by atoms with Gasteiger partial charge in [0.15, 0.2) is 0 Å². The van der Waals surface area contributed by atoms with Crippen molar-refractivity contribution < 1.29 is 13.2 Å². The summed E-state index contributed by atoms with van der Waals surface area (Å²) in [6, 6.07) is 4.95. The van der Waals surface area contributed by atoms with Crippen LogP contribution in [-0.2, 0) is 14.8 Å². The number of hydrogen-bond acceptors (Lipinski definition) is 3. The number of hydrogen-bond donors (Lipinski definition) is 1. The van der Waals surface area contributed by atoms with Crippen LogP contribution in [0.2, 0.25) is 5.02 Å². The molecular weight excluding hydrogens is 324 g/mol. The molecule has 0 radical (unpaired) electrons. The summed E-state index contributed by atoms with van der Waals surface area (Å²) < 4.78 is 26.6. The molecule has 1 heterocycles. The number of sulfonamides is 1. The predicted molar refractivity (Wildman–Crippen MR) is 84.2 cm³/mol. The Kier molecular flexibility index (Phi) is 4.18. The SMILES string of the molecule is Cc1cccc(Cl)c1S(=O)(=O)N1CC(NC(=O)C2CCC2)C1. The number of aryl methyl sites for hydroxylation is 1. The van der Waals surface area contributed by atoms with Crippen molar-refractivity contribution in [3.63, 3.8) is 0 Å². The zero-order valence-corrected chi connectivity index (χ0v) is 14.0. The molecular formula is C15H19ClN2O3S. The van der Waals surface area contributed by atoms with E-state index in [0.29, 0.717) is 18.7 Å². The van der Waals surface area contributed by atoms with Crippen LogP contribution in [0.5, 0.6) is 0 Å². The predicted octanol–water partition coefficient (Wildman–Crippen LogP) is 1.94. The van der Waals surface area contributed by atoms with Gasteiger partial charge >= 0.3 is 0 Å². The summed E-state index contributed by atoms with van der Waals surface area (Å²) in [6.45, 7) is 2.35. The van der Waals surface area contributed by atoms with E-state index in [9.17, 15) is 13.2 Å². The maximum Gasteiger partial charge on any atom is 0.244 e. The first-order chi connectivity index (χ1) is 10.4. The summed E-state index contributed by atoms with van der Waals surface area (Å²) >= 11 is 6.05. The maximum atomic E-state index is 12.6. The highest BCUT2D eigenvalue weighted by Gasteiger charge is 2.40. The third kappa shape index (κ3) is 2.75. The van der Waals surface area contributed by atoms with Crippen molar-refractivity contribution in [2.45, 2.75) is 37.1 Å². The van der Waals surface area contributed by atoms with E-state index >= 15 is 0 Å². The lowest BCUT2D eigenvalue weighted by Gasteiger charge is -2.40. The molecule has 1 aromatic rings. The fourth-order valence-corrected chi connectivity index (χ4v) is 5.10. The fourth-order valence-electron chi connectivity index (χ4n) is 2.79. The number of amides is 1. The van der Waals surface area contributed by atoms with Crippen LogP contribution in [0.3, 0.4) is 0 Å². The molecule has 5 nitrogen and oxygen atoms in total. The number of nitrogens with zero attached hydrogens (tertiary/aromatic N) is 1. The molecule has 1 saturated carbocycles. The Labute approximate surface area is 135 Å². The monoisotopic (exact) mass is 342 g/mol. The highest BCUT2D eigenvalue weighted by Crippen LogP contribution is 2.31. The van der Waals surface area contributed by atoms with E-state index in [4.69, 9.17) is 11.6 Å². The van der Waals surface area contributed by atoms with Gasteiger partial charge in [0, 0.05) is 19.0 Å². The van der Waals surface area contributed by atoms with Gasteiger partial charge < -0.3 is 5.32 Å². The molecule has 2 fully saturated rings. The van der Waals surface area contributed by atoms with E-state index in [1.165, 1.54) is 4.31 Å². The van der Waals surface area contributed by atoms with Crippen LogP contribution >= 0.6 is 11.6 Å².